The van der Waals surface area contributed by atoms with Crippen LogP contribution in [0.4, 0.5) is 0 Å². The molecule has 4 aliphatic rings. The van der Waals surface area contributed by atoms with E-state index in [1.54, 1.807) is 6.07 Å². The quantitative estimate of drug-likeness (QED) is 0.879. The van der Waals surface area contributed by atoms with Crippen LogP contribution < -0.4 is 10.1 Å². The third kappa shape index (κ3) is 3.43. The predicted molar refractivity (Wildman–Crippen MR) is 101 cm³/mol. The van der Waals surface area contributed by atoms with E-state index >= 15 is 0 Å². The van der Waals surface area contributed by atoms with Gasteiger partial charge in [-0.3, -0.25) is 4.79 Å². The molecular weight excluding hydrogens is 338 g/mol. The van der Waals surface area contributed by atoms with Crippen LogP contribution in [0.1, 0.15) is 54.6 Å². The molecule has 2 aromatic rings. The molecule has 0 unspecified atom stereocenters. The molecule has 0 atom stereocenters. The smallest absolute Gasteiger partial charge is 0.270 e. The molecule has 4 fully saturated rings. The van der Waals surface area contributed by atoms with E-state index in [9.17, 15) is 4.79 Å². The fourth-order valence-corrected chi connectivity index (χ4v) is 5.84. The Labute approximate surface area is 159 Å². The molecule has 5 heteroatoms. The molecule has 0 radical (unpaired) electrons. The van der Waals surface area contributed by atoms with Gasteiger partial charge in [0.05, 0.1) is 0 Å². The number of rotatable bonds is 5. The molecule has 0 aliphatic heterocycles. The van der Waals surface area contributed by atoms with E-state index < -0.39 is 0 Å². The van der Waals surface area contributed by atoms with Gasteiger partial charge >= 0.3 is 0 Å². The van der Waals surface area contributed by atoms with Crippen LogP contribution in [0.3, 0.4) is 0 Å². The third-order valence-electron chi connectivity index (χ3n) is 6.52. The summed E-state index contributed by atoms with van der Waals surface area (Å²) in [6.07, 6.45) is 8.89. The summed E-state index contributed by atoms with van der Waals surface area (Å²) in [5, 5.41) is 3.36. The lowest BCUT2D eigenvalue weighted by Gasteiger charge is -2.56. The van der Waals surface area contributed by atoms with Crippen LogP contribution in [0.2, 0.25) is 0 Å². The second-order valence-electron chi connectivity index (χ2n) is 8.67. The fraction of sp³-hybridized carbons (Fsp3) is 0.500. The summed E-state index contributed by atoms with van der Waals surface area (Å²) in [5.74, 6) is 2.73. The van der Waals surface area contributed by atoms with Crippen LogP contribution in [-0.2, 0) is 6.61 Å². The highest BCUT2D eigenvalue weighted by molar-refractivity contribution is 5.93. The Kier molecular flexibility index (Phi) is 4.10. The first-order chi connectivity index (χ1) is 13.2. The molecule has 1 aromatic carbocycles. The monoisotopic (exact) mass is 363 g/mol. The first-order valence-corrected chi connectivity index (χ1v) is 9.99. The number of nitrogens with zero attached hydrogens (tertiary/aromatic N) is 2. The standard InChI is InChI=1S/C22H25N3O2/c26-21(25-22-10-16-6-17(11-22)8-18(7-16)12-22)19-9-20(24-14-23-19)27-13-15-4-2-1-3-5-15/h1-5,9,14,16-18H,6-8,10-13H2,(H,25,26). The molecule has 4 bridgehead atoms. The highest BCUT2D eigenvalue weighted by Gasteiger charge is 2.51. The van der Waals surface area contributed by atoms with Gasteiger partial charge in [0.1, 0.15) is 18.6 Å². The summed E-state index contributed by atoms with van der Waals surface area (Å²) in [6.45, 7) is 0.424. The lowest BCUT2D eigenvalue weighted by Crippen LogP contribution is -2.59. The minimum Gasteiger partial charge on any atom is -0.473 e. The molecule has 1 heterocycles. The number of nitrogens with one attached hydrogen (secondary N) is 1. The zero-order chi connectivity index (χ0) is 18.3. The molecule has 1 N–H and O–H groups in total. The Balaban J connectivity index is 1.27. The number of aromatic nitrogens is 2. The van der Waals surface area contributed by atoms with Gasteiger partial charge in [-0.2, -0.15) is 0 Å². The molecule has 27 heavy (non-hydrogen) atoms. The molecular formula is C22H25N3O2. The van der Waals surface area contributed by atoms with Crippen LogP contribution in [-0.4, -0.2) is 21.4 Å². The van der Waals surface area contributed by atoms with Crippen molar-refractivity contribution in [2.75, 3.05) is 0 Å². The van der Waals surface area contributed by atoms with Gasteiger partial charge < -0.3 is 10.1 Å². The zero-order valence-corrected chi connectivity index (χ0v) is 15.4. The minimum atomic E-state index is -0.0936. The number of benzene rings is 1. The van der Waals surface area contributed by atoms with Gasteiger partial charge in [-0.1, -0.05) is 30.3 Å². The highest BCUT2D eigenvalue weighted by atomic mass is 16.5. The molecule has 4 aliphatic carbocycles. The topological polar surface area (TPSA) is 64.1 Å². The van der Waals surface area contributed by atoms with Gasteiger partial charge in [0.15, 0.2) is 0 Å². The van der Waals surface area contributed by atoms with Gasteiger partial charge in [-0.25, -0.2) is 9.97 Å². The fourth-order valence-electron chi connectivity index (χ4n) is 5.84. The van der Waals surface area contributed by atoms with E-state index in [0.29, 0.717) is 18.2 Å². The zero-order valence-electron chi connectivity index (χ0n) is 15.4. The van der Waals surface area contributed by atoms with Crippen molar-refractivity contribution in [2.45, 2.75) is 50.7 Å². The summed E-state index contributed by atoms with van der Waals surface area (Å²) >= 11 is 0. The summed E-state index contributed by atoms with van der Waals surface area (Å²) in [7, 11) is 0. The van der Waals surface area contributed by atoms with Crippen molar-refractivity contribution >= 4 is 5.91 Å². The minimum absolute atomic E-state index is 0.0121. The van der Waals surface area contributed by atoms with Crippen LogP contribution in [0.25, 0.3) is 0 Å². The average Bonchev–Trinajstić information content (AvgIpc) is 2.66. The van der Waals surface area contributed by atoms with Gasteiger partial charge in [-0.05, 0) is 61.8 Å². The maximum absolute atomic E-state index is 12.9. The first kappa shape index (κ1) is 16.7. The largest absolute Gasteiger partial charge is 0.473 e. The summed E-state index contributed by atoms with van der Waals surface area (Å²) in [4.78, 5) is 21.2. The molecule has 1 aromatic heterocycles. The predicted octanol–water partition coefficient (Wildman–Crippen LogP) is 3.75. The lowest BCUT2D eigenvalue weighted by molar-refractivity contribution is -0.0168. The van der Waals surface area contributed by atoms with Crippen molar-refractivity contribution in [3.8, 4) is 5.88 Å². The van der Waals surface area contributed by atoms with Crippen molar-refractivity contribution in [3.63, 3.8) is 0 Å². The number of carbonyl (C=O) groups excluding carboxylic acids is 1. The van der Waals surface area contributed by atoms with Gasteiger partial charge in [-0.15, -0.1) is 0 Å². The van der Waals surface area contributed by atoms with Crippen molar-refractivity contribution in [3.05, 3.63) is 54.0 Å². The molecule has 140 valence electrons. The SMILES string of the molecule is O=C(NC12CC3CC(CC(C3)C1)C2)c1cc(OCc2ccccc2)ncn1. The molecule has 6 rings (SSSR count). The van der Waals surface area contributed by atoms with E-state index in [-0.39, 0.29) is 11.4 Å². The Morgan fingerprint density at radius 1 is 1.04 bits per heavy atom. The molecule has 4 saturated carbocycles. The van der Waals surface area contributed by atoms with E-state index in [0.717, 1.165) is 42.6 Å². The second kappa shape index (κ2) is 6.63. The Hall–Kier alpha value is -2.43. The van der Waals surface area contributed by atoms with E-state index in [1.165, 1.54) is 25.6 Å². The van der Waals surface area contributed by atoms with Crippen molar-refractivity contribution in [1.29, 1.82) is 0 Å². The normalized spacial score (nSPS) is 30.9. The van der Waals surface area contributed by atoms with Gasteiger partial charge in [0, 0.05) is 11.6 Å². The first-order valence-electron chi connectivity index (χ1n) is 9.99. The lowest BCUT2D eigenvalue weighted by atomic mass is 9.53. The Bertz CT molecular complexity index is 801. The van der Waals surface area contributed by atoms with Gasteiger partial charge in [0.25, 0.3) is 5.91 Å². The Morgan fingerprint density at radius 2 is 1.70 bits per heavy atom. The molecule has 0 spiro atoms. The summed E-state index contributed by atoms with van der Waals surface area (Å²) in [6, 6.07) is 11.6. The van der Waals surface area contributed by atoms with Crippen molar-refractivity contribution in [2.24, 2.45) is 17.8 Å². The maximum Gasteiger partial charge on any atom is 0.270 e. The van der Waals surface area contributed by atoms with Crippen molar-refractivity contribution < 1.29 is 9.53 Å². The summed E-state index contributed by atoms with van der Waals surface area (Å²) in [5.41, 5.74) is 1.45. The number of hydrogen-bond donors (Lipinski definition) is 1. The maximum atomic E-state index is 12.9. The third-order valence-corrected chi connectivity index (χ3v) is 6.52. The van der Waals surface area contributed by atoms with E-state index in [1.807, 2.05) is 30.3 Å². The van der Waals surface area contributed by atoms with Crippen molar-refractivity contribution in [1.82, 2.24) is 15.3 Å². The van der Waals surface area contributed by atoms with Gasteiger partial charge in [0.2, 0.25) is 5.88 Å². The van der Waals surface area contributed by atoms with Crippen LogP contribution in [0.5, 0.6) is 5.88 Å². The van der Waals surface area contributed by atoms with Crippen LogP contribution in [0, 0.1) is 17.8 Å². The molecule has 1 amide bonds. The average molecular weight is 363 g/mol. The summed E-state index contributed by atoms with van der Waals surface area (Å²) < 4.78 is 5.75. The van der Waals surface area contributed by atoms with E-state index in [4.69, 9.17) is 4.74 Å². The number of carbonyl (C=O) groups is 1. The van der Waals surface area contributed by atoms with Crippen LogP contribution in [0.15, 0.2) is 42.7 Å². The molecule has 0 saturated heterocycles. The number of amides is 1. The number of hydrogen-bond acceptors (Lipinski definition) is 4. The second-order valence-corrected chi connectivity index (χ2v) is 8.67. The highest BCUT2D eigenvalue weighted by Crippen LogP contribution is 2.55. The molecule has 5 nitrogen and oxygen atoms in total. The Morgan fingerprint density at radius 3 is 2.37 bits per heavy atom. The van der Waals surface area contributed by atoms with Crippen LogP contribution >= 0.6 is 0 Å². The number of ether oxygens (including phenoxy) is 1. The van der Waals surface area contributed by atoms with E-state index in [2.05, 4.69) is 15.3 Å².